The Hall–Kier alpha value is -2.36. The lowest BCUT2D eigenvalue weighted by molar-refractivity contribution is 0.0750. The van der Waals surface area contributed by atoms with Crippen molar-refractivity contribution in [2.75, 3.05) is 12.3 Å². The fourth-order valence-corrected chi connectivity index (χ4v) is 2.11. The Bertz CT molecular complexity index is 596. The Kier molecular flexibility index (Phi) is 4.35. The number of benzene rings is 1. The van der Waals surface area contributed by atoms with Crippen LogP contribution in [0.4, 0.5) is 5.69 Å². The number of nitrogen functional groups attached to an aromatic ring is 1. The van der Waals surface area contributed by atoms with Crippen LogP contribution >= 0.6 is 0 Å². The highest BCUT2D eigenvalue weighted by Gasteiger charge is 2.16. The lowest BCUT2D eigenvalue weighted by atomic mass is 10.1. The van der Waals surface area contributed by atoms with Gasteiger partial charge in [-0.05, 0) is 49.7 Å². The van der Waals surface area contributed by atoms with Gasteiger partial charge in [0.1, 0.15) is 0 Å². The highest BCUT2D eigenvalue weighted by molar-refractivity contribution is 5.96. The molecular formula is C16H19N3O. The van der Waals surface area contributed by atoms with Crippen LogP contribution in [0.2, 0.25) is 0 Å². The topological polar surface area (TPSA) is 59.2 Å². The zero-order chi connectivity index (χ0) is 14.5. The minimum absolute atomic E-state index is 0.00986. The number of hydrogen-bond donors (Lipinski definition) is 1. The van der Waals surface area contributed by atoms with Gasteiger partial charge in [-0.3, -0.25) is 9.78 Å². The Labute approximate surface area is 119 Å². The number of nitrogens with zero attached hydrogens (tertiary/aromatic N) is 2. The van der Waals surface area contributed by atoms with E-state index < -0.39 is 0 Å². The summed E-state index contributed by atoms with van der Waals surface area (Å²) < 4.78 is 0. The lowest BCUT2D eigenvalue weighted by Crippen LogP contribution is -2.31. The summed E-state index contributed by atoms with van der Waals surface area (Å²) in [7, 11) is 0. The van der Waals surface area contributed by atoms with Gasteiger partial charge in [0.05, 0.1) is 12.2 Å². The van der Waals surface area contributed by atoms with E-state index in [0.717, 1.165) is 11.3 Å². The molecular weight excluding hydrogens is 250 g/mol. The Morgan fingerprint density at radius 3 is 2.70 bits per heavy atom. The molecule has 0 spiro atoms. The zero-order valence-corrected chi connectivity index (χ0v) is 11.8. The summed E-state index contributed by atoms with van der Waals surface area (Å²) in [6.07, 6.45) is 1.74. The molecule has 2 aromatic rings. The molecule has 0 unspecified atom stereocenters. The van der Waals surface area contributed by atoms with Crippen molar-refractivity contribution in [1.82, 2.24) is 9.88 Å². The van der Waals surface area contributed by atoms with Gasteiger partial charge in [0.2, 0.25) is 0 Å². The first-order valence-corrected chi connectivity index (χ1v) is 6.67. The SMILES string of the molecule is CCN(Cc1ccccn1)C(=O)c1ccc(N)cc1C. The number of anilines is 1. The molecule has 20 heavy (non-hydrogen) atoms. The van der Waals surface area contributed by atoms with Gasteiger partial charge in [-0.1, -0.05) is 6.07 Å². The number of rotatable bonds is 4. The standard InChI is InChI=1S/C16H19N3O/c1-3-19(11-14-6-4-5-9-18-14)16(20)15-8-7-13(17)10-12(15)2/h4-10H,3,11,17H2,1-2H3. The third-order valence-corrected chi connectivity index (χ3v) is 3.23. The van der Waals surface area contributed by atoms with E-state index in [1.165, 1.54) is 0 Å². The number of aryl methyl sites for hydroxylation is 1. The van der Waals surface area contributed by atoms with E-state index in [4.69, 9.17) is 5.73 Å². The average Bonchev–Trinajstić information content (AvgIpc) is 2.45. The van der Waals surface area contributed by atoms with Gasteiger partial charge in [-0.25, -0.2) is 0 Å². The van der Waals surface area contributed by atoms with Crippen molar-refractivity contribution in [3.8, 4) is 0 Å². The van der Waals surface area contributed by atoms with Gasteiger partial charge in [0.25, 0.3) is 5.91 Å². The minimum Gasteiger partial charge on any atom is -0.399 e. The number of carbonyl (C=O) groups is 1. The molecule has 0 saturated carbocycles. The van der Waals surface area contributed by atoms with Crippen molar-refractivity contribution >= 4 is 11.6 Å². The van der Waals surface area contributed by atoms with Gasteiger partial charge in [-0.15, -0.1) is 0 Å². The largest absolute Gasteiger partial charge is 0.399 e. The van der Waals surface area contributed by atoms with Gasteiger partial charge in [-0.2, -0.15) is 0 Å². The third-order valence-electron chi connectivity index (χ3n) is 3.23. The number of hydrogen-bond acceptors (Lipinski definition) is 3. The summed E-state index contributed by atoms with van der Waals surface area (Å²) >= 11 is 0. The van der Waals surface area contributed by atoms with Crippen LogP contribution < -0.4 is 5.73 Å². The maximum atomic E-state index is 12.6. The Morgan fingerprint density at radius 1 is 1.30 bits per heavy atom. The van der Waals surface area contributed by atoms with E-state index >= 15 is 0 Å². The minimum atomic E-state index is 0.00986. The first kappa shape index (κ1) is 14.1. The Balaban J connectivity index is 2.21. The maximum absolute atomic E-state index is 12.6. The van der Waals surface area contributed by atoms with E-state index in [1.807, 2.05) is 38.1 Å². The maximum Gasteiger partial charge on any atom is 0.254 e. The van der Waals surface area contributed by atoms with E-state index in [1.54, 1.807) is 23.2 Å². The van der Waals surface area contributed by atoms with Crippen molar-refractivity contribution in [2.45, 2.75) is 20.4 Å². The van der Waals surface area contributed by atoms with Gasteiger partial charge < -0.3 is 10.6 Å². The third kappa shape index (κ3) is 3.15. The molecule has 4 nitrogen and oxygen atoms in total. The van der Waals surface area contributed by atoms with Crippen LogP contribution in [0.15, 0.2) is 42.6 Å². The molecule has 0 radical (unpaired) electrons. The van der Waals surface area contributed by atoms with Crippen molar-refractivity contribution in [3.63, 3.8) is 0 Å². The highest BCUT2D eigenvalue weighted by atomic mass is 16.2. The number of aromatic nitrogens is 1. The molecule has 4 heteroatoms. The van der Waals surface area contributed by atoms with Crippen molar-refractivity contribution in [1.29, 1.82) is 0 Å². The predicted molar refractivity (Wildman–Crippen MR) is 80.2 cm³/mol. The molecule has 1 heterocycles. The number of carbonyl (C=O) groups excluding carboxylic acids is 1. The lowest BCUT2D eigenvalue weighted by Gasteiger charge is -2.21. The van der Waals surface area contributed by atoms with Crippen LogP contribution in [-0.2, 0) is 6.54 Å². The fourth-order valence-electron chi connectivity index (χ4n) is 2.11. The summed E-state index contributed by atoms with van der Waals surface area (Å²) in [5.74, 6) is 0.00986. The van der Waals surface area contributed by atoms with Crippen molar-refractivity contribution in [3.05, 3.63) is 59.4 Å². The van der Waals surface area contributed by atoms with Gasteiger partial charge in [0.15, 0.2) is 0 Å². The molecule has 1 aromatic heterocycles. The molecule has 0 aliphatic carbocycles. The summed E-state index contributed by atoms with van der Waals surface area (Å²) in [5.41, 5.74) is 8.87. The molecule has 2 N–H and O–H groups in total. The van der Waals surface area contributed by atoms with Gasteiger partial charge >= 0.3 is 0 Å². The summed E-state index contributed by atoms with van der Waals surface area (Å²) in [4.78, 5) is 18.6. The summed E-state index contributed by atoms with van der Waals surface area (Å²) in [6.45, 7) is 5.02. The molecule has 104 valence electrons. The molecule has 0 saturated heterocycles. The van der Waals surface area contributed by atoms with Crippen molar-refractivity contribution < 1.29 is 4.79 Å². The first-order valence-electron chi connectivity index (χ1n) is 6.67. The summed E-state index contributed by atoms with van der Waals surface area (Å²) in [5, 5.41) is 0. The second-order valence-electron chi connectivity index (χ2n) is 4.71. The van der Waals surface area contributed by atoms with E-state index in [-0.39, 0.29) is 5.91 Å². The molecule has 1 aromatic carbocycles. The normalized spacial score (nSPS) is 10.3. The Morgan fingerprint density at radius 2 is 2.10 bits per heavy atom. The fraction of sp³-hybridized carbons (Fsp3) is 0.250. The van der Waals surface area contributed by atoms with E-state index in [9.17, 15) is 4.79 Å². The molecule has 1 amide bonds. The van der Waals surface area contributed by atoms with Crippen LogP contribution in [0.25, 0.3) is 0 Å². The predicted octanol–water partition coefficient (Wildman–Crippen LogP) is 2.63. The number of pyridine rings is 1. The van der Waals surface area contributed by atoms with E-state index in [0.29, 0.717) is 24.3 Å². The number of nitrogens with two attached hydrogens (primary N) is 1. The number of amides is 1. The average molecular weight is 269 g/mol. The monoisotopic (exact) mass is 269 g/mol. The van der Waals surface area contributed by atoms with E-state index in [2.05, 4.69) is 4.98 Å². The quantitative estimate of drug-likeness (QED) is 0.868. The van der Waals surface area contributed by atoms with Gasteiger partial charge in [0, 0.05) is 24.0 Å². The first-order chi connectivity index (χ1) is 9.61. The second-order valence-corrected chi connectivity index (χ2v) is 4.71. The smallest absolute Gasteiger partial charge is 0.254 e. The van der Waals surface area contributed by atoms with Crippen LogP contribution in [0.1, 0.15) is 28.5 Å². The molecule has 0 bridgehead atoms. The molecule has 0 atom stereocenters. The molecule has 2 rings (SSSR count). The zero-order valence-electron chi connectivity index (χ0n) is 11.8. The second kappa shape index (κ2) is 6.19. The van der Waals surface area contributed by atoms with Crippen LogP contribution in [0.5, 0.6) is 0 Å². The van der Waals surface area contributed by atoms with Crippen LogP contribution in [-0.4, -0.2) is 22.3 Å². The van der Waals surface area contributed by atoms with Crippen molar-refractivity contribution in [2.24, 2.45) is 0 Å². The summed E-state index contributed by atoms with van der Waals surface area (Å²) in [6, 6.07) is 11.1. The molecule has 0 aliphatic rings. The van der Waals surface area contributed by atoms with Crippen LogP contribution in [0, 0.1) is 6.92 Å². The molecule has 0 aliphatic heterocycles. The van der Waals surface area contributed by atoms with Crippen LogP contribution in [0.3, 0.4) is 0 Å². The molecule has 0 fully saturated rings. The highest BCUT2D eigenvalue weighted by Crippen LogP contribution is 2.16.